The molecule has 0 aliphatic carbocycles. The Kier molecular flexibility index (Phi) is 7.78. The second-order valence-corrected chi connectivity index (χ2v) is 4.57. The summed E-state index contributed by atoms with van der Waals surface area (Å²) in [7, 11) is 1.18. The highest BCUT2D eigenvalue weighted by molar-refractivity contribution is 6.40. The number of carbonyl (C=O) groups is 3. The molecule has 0 saturated carbocycles. The first kappa shape index (κ1) is 18.1. The lowest BCUT2D eigenvalue weighted by Gasteiger charge is -1.96. The molecule has 0 atom stereocenters. The van der Waals surface area contributed by atoms with Crippen LogP contribution in [-0.4, -0.2) is 29.9 Å². The number of methoxy groups -OCH3 is 1. The maximum atomic E-state index is 11.1. The Morgan fingerprint density at radius 2 is 1.43 bits per heavy atom. The van der Waals surface area contributed by atoms with Gasteiger partial charge in [0.1, 0.15) is 0 Å². The van der Waals surface area contributed by atoms with Gasteiger partial charge >= 0.3 is 11.9 Å². The standard InChI is InChI=1S/C9H8O3.C9H10O2/c1-12-9(11)8(10)7-5-3-2-4-6-7;10-9(11)7-6-8-4-2-1-3-5-8/h2-6H,1H3;1-5H,6-7H2,(H,10,11). The Morgan fingerprint density at radius 3 is 1.91 bits per heavy atom. The molecule has 0 fully saturated rings. The summed E-state index contributed by atoms with van der Waals surface area (Å²) in [5.41, 5.74) is 1.43. The number of aliphatic carboxylic acids is 1. The fraction of sp³-hybridized carbons (Fsp3) is 0.167. The molecule has 120 valence electrons. The minimum atomic E-state index is -0.832. The SMILES string of the molecule is COC(=O)C(=O)c1ccccc1.O=C(O)CCc1ccccc1. The molecule has 0 spiro atoms. The van der Waals surface area contributed by atoms with Crippen molar-refractivity contribution in [3.63, 3.8) is 0 Å². The Hall–Kier alpha value is -2.95. The van der Waals surface area contributed by atoms with Gasteiger partial charge in [-0.1, -0.05) is 60.7 Å². The lowest BCUT2D eigenvalue weighted by atomic mass is 10.1. The van der Waals surface area contributed by atoms with Gasteiger partial charge in [0.05, 0.1) is 7.11 Å². The minimum Gasteiger partial charge on any atom is -0.481 e. The second-order valence-electron chi connectivity index (χ2n) is 4.57. The van der Waals surface area contributed by atoms with Crippen molar-refractivity contribution in [1.82, 2.24) is 0 Å². The number of carboxylic acid groups (broad SMARTS) is 1. The van der Waals surface area contributed by atoms with Gasteiger partial charge in [-0.05, 0) is 12.0 Å². The molecule has 2 aromatic carbocycles. The Bertz CT molecular complexity index is 635. The number of hydrogen-bond donors (Lipinski definition) is 1. The largest absolute Gasteiger partial charge is 0.481 e. The average molecular weight is 314 g/mol. The normalized spacial score (nSPS) is 9.26. The van der Waals surface area contributed by atoms with Crippen LogP contribution in [0.2, 0.25) is 0 Å². The van der Waals surface area contributed by atoms with Crippen LogP contribution in [0.25, 0.3) is 0 Å². The van der Waals surface area contributed by atoms with Gasteiger partial charge in [-0.15, -0.1) is 0 Å². The summed E-state index contributed by atoms with van der Waals surface area (Å²) in [4.78, 5) is 32.0. The van der Waals surface area contributed by atoms with Gasteiger partial charge in [-0.25, -0.2) is 4.79 Å². The Balaban J connectivity index is 0.000000231. The summed E-state index contributed by atoms with van der Waals surface area (Å²) < 4.78 is 4.28. The van der Waals surface area contributed by atoms with Crippen LogP contribution in [0, 0.1) is 0 Å². The summed E-state index contributed by atoms with van der Waals surface area (Å²) in [6, 6.07) is 17.9. The van der Waals surface area contributed by atoms with Crippen LogP contribution in [-0.2, 0) is 20.7 Å². The molecule has 2 rings (SSSR count). The molecule has 0 bridgehead atoms. The molecule has 0 unspecified atom stereocenters. The second kappa shape index (κ2) is 9.89. The third-order valence-corrected chi connectivity index (χ3v) is 2.88. The van der Waals surface area contributed by atoms with E-state index in [1.165, 1.54) is 7.11 Å². The fourth-order valence-electron chi connectivity index (χ4n) is 1.70. The van der Waals surface area contributed by atoms with E-state index in [0.29, 0.717) is 12.0 Å². The lowest BCUT2D eigenvalue weighted by Crippen LogP contribution is -2.15. The number of hydrogen-bond acceptors (Lipinski definition) is 4. The summed E-state index contributed by atoms with van der Waals surface area (Å²) in [5, 5.41) is 8.37. The van der Waals surface area contributed by atoms with E-state index in [9.17, 15) is 14.4 Å². The number of aryl methyl sites for hydroxylation is 1. The maximum absolute atomic E-state index is 11.1. The van der Waals surface area contributed by atoms with Crippen molar-refractivity contribution in [1.29, 1.82) is 0 Å². The molecule has 0 heterocycles. The molecule has 0 aliphatic rings. The van der Waals surface area contributed by atoms with Crippen LogP contribution >= 0.6 is 0 Å². The smallest absolute Gasteiger partial charge is 0.379 e. The quantitative estimate of drug-likeness (QED) is 0.521. The molecular formula is C18H18O5. The van der Waals surface area contributed by atoms with Crippen molar-refractivity contribution in [3.05, 3.63) is 71.8 Å². The molecule has 0 aromatic heterocycles. The van der Waals surface area contributed by atoms with Crippen LogP contribution in [0.5, 0.6) is 0 Å². The highest BCUT2D eigenvalue weighted by Crippen LogP contribution is 2.01. The van der Waals surface area contributed by atoms with Gasteiger partial charge in [0.15, 0.2) is 0 Å². The minimum absolute atomic E-state index is 0.212. The molecule has 0 radical (unpaired) electrons. The first-order valence-electron chi connectivity index (χ1n) is 6.98. The Morgan fingerprint density at radius 1 is 0.913 bits per heavy atom. The van der Waals surface area contributed by atoms with Gasteiger partial charge in [-0.3, -0.25) is 9.59 Å². The van der Waals surface area contributed by atoms with Crippen LogP contribution in [0.4, 0.5) is 0 Å². The molecule has 0 saturated heterocycles. The first-order chi connectivity index (χ1) is 11.0. The van der Waals surface area contributed by atoms with E-state index < -0.39 is 17.7 Å². The van der Waals surface area contributed by atoms with E-state index in [-0.39, 0.29) is 6.42 Å². The van der Waals surface area contributed by atoms with E-state index in [2.05, 4.69) is 4.74 Å². The number of Topliss-reactive ketones (excluding diaryl/α,β-unsaturated/α-hetero) is 1. The first-order valence-corrected chi connectivity index (χ1v) is 6.98. The van der Waals surface area contributed by atoms with Crippen molar-refractivity contribution >= 4 is 17.7 Å². The number of ether oxygens (including phenoxy) is 1. The van der Waals surface area contributed by atoms with Gasteiger partial charge in [-0.2, -0.15) is 0 Å². The zero-order chi connectivity index (χ0) is 17.1. The third-order valence-electron chi connectivity index (χ3n) is 2.88. The van der Waals surface area contributed by atoms with E-state index in [4.69, 9.17) is 5.11 Å². The zero-order valence-corrected chi connectivity index (χ0v) is 12.8. The molecule has 2 aromatic rings. The molecular weight excluding hydrogens is 296 g/mol. The fourth-order valence-corrected chi connectivity index (χ4v) is 1.70. The van der Waals surface area contributed by atoms with Gasteiger partial charge in [0.25, 0.3) is 5.78 Å². The van der Waals surface area contributed by atoms with Crippen molar-refractivity contribution in [2.45, 2.75) is 12.8 Å². The maximum Gasteiger partial charge on any atom is 0.379 e. The topological polar surface area (TPSA) is 80.7 Å². The van der Waals surface area contributed by atoms with Crippen LogP contribution < -0.4 is 0 Å². The average Bonchev–Trinajstić information content (AvgIpc) is 2.61. The van der Waals surface area contributed by atoms with E-state index in [1.807, 2.05) is 30.3 Å². The summed E-state index contributed by atoms with van der Waals surface area (Å²) in [5.74, 6) is -2.19. The van der Waals surface area contributed by atoms with Crippen LogP contribution in [0.1, 0.15) is 22.3 Å². The molecule has 1 N–H and O–H groups in total. The van der Waals surface area contributed by atoms with Gasteiger partial charge in [0.2, 0.25) is 0 Å². The van der Waals surface area contributed by atoms with Crippen LogP contribution in [0.15, 0.2) is 60.7 Å². The van der Waals surface area contributed by atoms with Gasteiger partial charge in [0, 0.05) is 12.0 Å². The number of carboxylic acids is 1. The van der Waals surface area contributed by atoms with Crippen molar-refractivity contribution in [2.75, 3.05) is 7.11 Å². The molecule has 0 aliphatic heterocycles. The predicted octanol–water partition coefficient (Wildman–Crippen LogP) is 2.75. The van der Waals surface area contributed by atoms with E-state index in [1.54, 1.807) is 30.3 Å². The monoisotopic (exact) mass is 314 g/mol. The summed E-state index contributed by atoms with van der Waals surface area (Å²) in [6.07, 6.45) is 0.834. The number of esters is 1. The highest BCUT2D eigenvalue weighted by Gasteiger charge is 2.15. The summed E-state index contributed by atoms with van der Waals surface area (Å²) >= 11 is 0. The third kappa shape index (κ3) is 7.04. The Labute approximate surface area is 134 Å². The van der Waals surface area contributed by atoms with Crippen molar-refractivity contribution in [2.24, 2.45) is 0 Å². The van der Waals surface area contributed by atoms with E-state index in [0.717, 1.165) is 5.56 Å². The van der Waals surface area contributed by atoms with E-state index >= 15 is 0 Å². The molecule has 5 heteroatoms. The zero-order valence-electron chi connectivity index (χ0n) is 12.8. The predicted molar refractivity (Wildman–Crippen MR) is 85.2 cm³/mol. The van der Waals surface area contributed by atoms with Crippen molar-refractivity contribution < 1.29 is 24.2 Å². The number of ketones is 1. The number of rotatable bonds is 5. The van der Waals surface area contributed by atoms with Crippen LogP contribution in [0.3, 0.4) is 0 Å². The molecule has 23 heavy (non-hydrogen) atoms. The summed E-state index contributed by atoms with van der Waals surface area (Å²) in [6.45, 7) is 0. The number of carbonyl (C=O) groups excluding carboxylic acids is 2. The molecule has 5 nitrogen and oxygen atoms in total. The van der Waals surface area contributed by atoms with Gasteiger partial charge < -0.3 is 9.84 Å². The lowest BCUT2D eigenvalue weighted by molar-refractivity contribution is -0.137. The highest BCUT2D eigenvalue weighted by atomic mass is 16.5. The number of benzene rings is 2. The van der Waals surface area contributed by atoms with Crippen molar-refractivity contribution in [3.8, 4) is 0 Å². The molecule has 0 amide bonds.